The van der Waals surface area contributed by atoms with Gasteiger partial charge in [0.2, 0.25) is 0 Å². The molecule has 104 valence electrons. The van der Waals surface area contributed by atoms with Crippen LogP contribution in [-0.4, -0.2) is 30.6 Å². The second kappa shape index (κ2) is 6.02. The van der Waals surface area contributed by atoms with Gasteiger partial charge in [0.05, 0.1) is 4.92 Å². The van der Waals surface area contributed by atoms with Crippen molar-refractivity contribution >= 4 is 11.4 Å². The van der Waals surface area contributed by atoms with Gasteiger partial charge in [-0.2, -0.15) is 0 Å². The van der Waals surface area contributed by atoms with Crippen LogP contribution in [-0.2, 0) is 0 Å². The highest BCUT2D eigenvalue weighted by Crippen LogP contribution is 2.34. The van der Waals surface area contributed by atoms with Crippen LogP contribution >= 0.6 is 0 Å². The Hall–Kier alpha value is -1.62. The molecule has 1 aromatic carbocycles. The molecule has 0 saturated carbocycles. The van der Waals surface area contributed by atoms with Crippen LogP contribution < -0.4 is 10.2 Å². The van der Waals surface area contributed by atoms with E-state index in [1.54, 1.807) is 12.1 Å². The molecule has 1 aromatic rings. The maximum absolute atomic E-state index is 11.3. The molecule has 0 aromatic heterocycles. The smallest absolute Gasteiger partial charge is 0.292 e. The largest absolute Gasteiger partial charge is 0.361 e. The van der Waals surface area contributed by atoms with E-state index in [9.17, 15) is 10.1 Å². The van der Waals surface area contributed by atoms with Crippen LogP contribution in [0.3, 0.4) is 0 Å². The summed E-state index contributed by atoms with van der Waals surface area (Å²) in [5.74, 6) is 0. The van der Waals surface area contributed by atoms with Crippen LogP contribution in [0.5, 0.6) is 0 Å². The van der Waals surface area contributed by atoms with Gasteiger partial charge in [-0.3, -0.25) is 10.1 Å². The normalized spacial score (nSPS) is 18.5. The van der Waals surface area contributed by atoms with Gasteiger partial charge in [0.1, 0.15) is 5.69 Å². The average Bonchev–Trinajstić information content (AvgIpc) is 2.89. The van der Waals surface area contributed by atoms with Gasteiger partial charge in [-0.1, -0.05) is 19.1 Å². The minimum Gasteiger partial charge on any atom is -0.361 e. The number of nitrogens with one attached hydrogen (secondary N) is 1. The van der Waals surface area contributed by atoms with Crippen molar-refractivity contribution in [1.82, 2.24) is 5.32 Å². The van der Waals surface area contributed by atoms with Crippen molar-refractivity contribution < 1.29 is 4.92 Å². The van der Waals surface area contributed by atoms with E-state index < -0.39 is 0 Å². The Morgan fingerprint density at radius 1 is 1.53 bits per heavy atom. The monoisotopic (exact) mass is 263 g/mol. The molecular formula is C14H21N3O2. The molecule has 0 bridgehead atoms. The molecule has 2 rings (SSSR count). The van der Waals surface area contributed by atoms with Crippen LogP contribution in [0.25, 0.3) is 0 Å². The molecular weight excluding hydrogens is 242 g/mol. The zero-order valence-corrected chi connectivity index (χ0v) is 11.6. The molecule has 19 heavy (non-hydrogen) atoms. The van der Waals surface area contributed by atoms with E-state index in [4.69, 9.17) is 0 Å². The van der Waals surface area contributed by atoms with E-state index >= 15 is 0 Å². The van der Waals surface area contributed by atoms with Gasteiger partial charge >= 0.3 is 0 Å². The van der Waals surface area contributed by atoms with Crippen LogP contribution in [0, 0.1) is 17.0 Å². The molecule has 0 radical (unpaired) electrons. The highest BCUT2D eigenvalue weighted by molar-refractivity contribution is 5.68. The Balaban J connectivity index is 2.42. The van der Waals surface area contributed by atoms with Crippen LogP contribution in [0.4, 0.5) is 11.4 Å². The summed E-state index contributed by atoms with van der Waals surface area (Å²) >= 11 is 0. The van der Waals surface area contributed by atoms with Gasteiger partial charge in [0.25, 0.3) is 5.69 Å². The molecule has 0 aliphatic carbocycles. The molecule has 5 heteroatoms. The number of rotatable bonds is 5. The Morgan fingerprint density at radius 3 is 2.89 bits per heavy atom. The van der Waals surface area contributed by atoms with Gasteiger partial charge in [-0.25, -0.2) is 0 Å². The number of hydrogen-bond donors (Lipinski definition) is 1. The van der Waals surface area contributed by atoms with Crippen molar-refractivity contribution in [3.63, 3.8) is 0 Å². The molecule has 1 N–H and O–H groups in total. The van der Waals surface area contributed by atoms with E-state index in [0.717, 1.165) is 43.7 Å². The first-order valence-electron chi connectivity index (χ1n) is 6.86. The summed E-state index contributed by atoms with van der Waals surface area (Å²) in [6.07, 6.45) is 2.04. The maximum atomic E-state index is 11.3. The number of nitro groups is 1. The third kappa shape index (κ3) is 2.87. The molecule has 0 spiro atoms. The number of nitrogens with zero attached hydrogens (tertiary/aromatic N) is 2. The molecule has 1 aliphatic rings. The van der Waals surface area contributed by atoms with Crippen molar-refractivity contribution in [2.75, 3.05) is 24.5 Å². The Bertz CT molecular complexity index is 456. The number of hydrogen-bond acceptors (Lipinski definition) is 4. The van der Waals surface area contributed by atoms with E-state index in [1.165, 1.54) is 0 Å². The summed E-state index contributed by atoms with van der Waals surface area (Å²) in [7, 11) is 0. The standard InChI is InChI=1S/C14H21N3O2/c1-3-9-16(12-7-8-15-10-12)14-11(2)5-4-6-13(14)17(18)19/h4-6,12,15H,3,7-10H2,1-2H3. The number of aryl methyl sites for hydroxylation is 1. The molecule has 1 heterocycles. The lowest BCUT2D eigenvalue weighted by molar-refractivity contribution is -0.384. The highest BCUT2D eigenvalue weighted by atomic mass is 16.6. The fourth-order valence-corrected chi connectivity index (χ4v) is 2.79. The summed E-state index contributed by atoms with van der Waals surface area (Å²) in [6, 6.07) is 5.68. The van der Waals surface area contributed by atoms with Crippen molar-refractivity contribution in [1.29, 1.82) is 0 Å². The van der Waals surface area contributed by atoms with Gasteiger partial charge in [-0.05, 0) is 31.9 Å². The zero-order chi connectivity index (χ0) is 13.8. The number of nitro benzene ring substituents is 1. The lowest BCUT2D eigenvalue weighted by Gasteiger charge is -2.31. The van der Waals surface area contributed by atoms with Crippen LogP contribution in [0.2, 0.25) is 0 Å². The second-order valence-electron chi connectivity index (χ2n) is 5.04. The molecule has 1 aliphatic heterocycles. The molecule has 1 fully saturated rings. The van der Waals surface area contributed by atoms with Gasteiger partial charge in [-0.15, -0.1) is 0 Å². The molecule has 0 amide bonds. The third-order valence-electron chi connectivity index (χ3n) is 3.64. The molecule has 1 atom stereocenters. The van der Waals surface area contributed by atoms with Crippen molar-refractivity contribution in [2.45, 2.75) is 32.7 Å². The van der Waals surface area contributed by atoms with Gasteiger partial charge in [0, 0.05) is 25.2 Å². The quantitative estimate of drug-likeness (QED) is 0.655. The minimum absolute atomic E-state index is 0.223. The number of para-hydroxylation sites is 1. The van der Waals surface area contributed by atoms with E-state index in [-0.39, 0.29) is 10.6 Å². The lowest BCUT2D eigenvalue weighted by atomic mass is 10.1. The fraction of sp³-hybridized carbons (Fsp3) is 0.571. The lowest BCUT2D eigenvalue weighted by Crippen LogP contribution is -2.38. The molecule has 1 unspecified atom stereocenters. The Morgan fingerprint density at radius 2 is 2.32 bits per heavy atom. The minimum atomic E-state index is -0.270. The Kier molecular flexibility index (Phi) is 4.37. The van der Waals surface area contributed by atoms with Crippen molar-refractivity contribution in [2.24, 2.45) is 0 Å². The van der Waals surface area contributed by atoms with E-state index in [0.29, 0.717) is 6.04 Å². The average molecular weight is 263 g/mol. The van der Waals surface area contributed by atoms with Gasteiger partial charge < -0.3 is 10.2 Å². The third-order valence-corrected chi connectivity index (χ3v) is 3.64. The molecule has 5 nitrogen and oxygen atoms in total. The first-order chi connectivity index (χ1) is 9.15. The SMILES string of the molecule is CCCN(c1c(C)cccc1[N+](=O)[O-])C1CCNC1. The fourth-order valence-electron chi connectivity index (χ4n) is 2.79. The Labute approximate surface area is 113 Å². The second-order valence-corrected chi connectivity index (χ2v) is 5.04. The van der Waals surface area contributed by atoms with E-state index in [1.807, 2.05) is 13.0 Å². The summed E-state index contributed by atoms with van der Waals surface area (Å²) < 4.78 is 0. The van der Waals surface area contributed by atoms with Gasteiger partial charge in [0.15, 0.2) is 0 Å². The zero-order valence-electron chi connectivity index (χ0n) is 11.6. The highest BCUT2D eigenvalue weighted by Gasteiger charge is 2.28. The predicted molar refractivity (Wildman–Crippen MR) is 76.7 cm³/mol. The first-order valence-corrected chi connectivity index (χ1v) is 6.86. The summed E-state index contributed by atoms with van der Waals surface area (Å²) in [4.78, 5) is 13.2. The van der Waals surface area contributed by atoms with Crippen LogP contribution in [0.1, 0.15) is 25.3 Å². The number of benzene rings is 1. The summed E-state index contributed by atoms with van der Waals surface area (Å²) in [6.45, 7) is 6.82. The number of anilines is 1. The summed E-state index contributed by atoms with van der Waals surface area (Å²) in [5, 5.41) is 14.6. The van der Waals surface area contributed by atoms with Crippen LogP contribution in [0.15, 0.2) is 18.2 Å². The predicted octanol–water partition coefficient (Wildman–Crippen LogP) is 2.48. The summed E-state index contributed by atoms with van der Waals surface area (Å²) in [5.41, 5.74) is 2.00. The van der Waals surface area contributed by atoms with Crippen molar-refractivity contribution in [3.05, 3.63) is 33.9 Å². The molecule has 1 saturated heterocycles. The van der Waals surface area contributed by atoms with Crippen molar-refractivity contribution in [3.8, 4) is 0 Å². The maximum Gasteiger partial charge on any atom is 0.292 e. The topological polar surface area (TPSA) is 58.4 Å². The first kappa shape index (κ1) is 13.8. The van der Waals surface area contributed by atoms with E-state index in [2.05, 4.69) is 17.1 Å².